The van der Waals surface area contributed by atoms with Gasteiger partial charge in [-0.3, -0.25) is 0 Å². The lowest BCUT2D eigenvalue weighted by molar-refractivity contribution is 0.00578. The molecule has 0 aliphatic carbocycles. The number of aryl methyl sites for hydroxylation is 1. The fraction of sp³-hybridized carbons (Fsp3) is 0.500. The maximum atomic E-state index is 6.06. The van der Waals surface area contributed by atoms with Crippen molar-refractivity contribution in [1.29, 1.82) is 0 Å². The number of hydrogen-bond acceptors (Lipinski definition) is 3. The summed E-state index contributed by atoms with van der Waals surface area (Å²) in [7, 11) is -0.407. The van der Waals surface area contributed by atoms with Crippen LogP contribution in [0, 0.1) is 6.92 Å². The van der Waals surface area contributed by atoms with Crippen molar-refractivity contribution in [2.75, 3.05) is 6.54 Å². The topological polar surface area (TPSA) is 44.5 Å². The van der Waals surface area contributed by atoms with E-state index in [-0.39, 0.29) is 11.2 Å². The van der Waals surface area contributed by atoms with Crippen LogP contribution in [-0.4, -0.2) is 24.9 Å². The van der Waals surface area contributed by atoms with Crippen molar-refractivity contribution in [2.45, 2.75) is 45.8 Å². The molecule has 2 N–H and O–H groups in total. The minimum absolute atomic E-state index is 0.360. The van der Waals surface area contributed by atoms with Gasteiger partial charge < -0.3 is 15.0 Å². The Balaban J connectivity index is 2.31. The van der Waals surface area contributed by atoms with Gasteiger partial charge in [0.1, 0.15) is 0 Å². The molecule has 2 rings (SSSR count). The van der Waals surface area contributed by atoms with E-state index < -0.39 is 7.12 Å². The zero-order valence-electron chi connectivity index (χ0n) is 13.4. The molecule has 0 bridgehead atoms. The zero-order valence-corrected chi connectivity index (χ0v) is 14.1. The zero-order chi connectivity index (χ0) is 15.8. The van der Waals surface area contributed by atoms with Crippen molar-refractivity contribution in [2.24, 2.45) is 5.73 Å². The molecule has 1 aromatic carbocycles. The first-order chi connectivity index (χ1) is 9.66. The Hall–Kier alpha value is -0.805. The summed E-state index contributed by atoms with van der Waals surface area (Å²) in [5, 5.41) is 0.731. The number of hydrogen-bond donors (Lipinski definition) is 1. The van der Waals surface area contributed by atoms with Crippen LogP contribution in [0.15, 0.2) is 23.7 Å². The Morgan fingerprint density at radius 3 is 2.29 bits per heavy atom. The molecule has 0 spiro atoms. The van der Waals surface area contributed by atoms with Gasteiger partial charge in [0.05, 0.1) is 11.2 Å². The summed E-state index contributed by atoms with van der Waals surface area (Å²) in [6.45, 7) is 10.6. The van der Waals surface area contributed by atoms with Crippen molar-refractivity contribution in [3.63, 3.8) is 0 Å². The van der Waals surface area contributed by atoms with Gasteiger partial charge in [0.15, 0.2) is 0 Å². The number of rotatable bonds is 3. The van der Waals surface area contributed by atoms with E-state index in [9.17, 15) is 0 Å². The normalized spacial score (nSPS) is 20.9. The van der Waals surface area contributed by atoms with Gasteiger partial charge in [0, 0.05) is 11.6 Å². The molecule has 0 atom stereocenters. The fourth-order valence-electron chi connectivity index (χ4n) is 2.22. The molecule has 1 aliphatic heterocycles. The third kappa shape index (κ3) is 3.34. The lowest BCUT2D eigenvalue weighted by Gasteiger charge is -2.32. The smallest absolute Gasteiger partial charge is 0.400 e. The summed E-state index contributed by atoms with van der Waals surface area (Å²) in [6.07, 6.45) is 2.04. The summed E-state index contributed by atoms with van der Waals surface area (Å²) in [5.74, 6) is 0. The summed E-state index contributed by atoms with van der Waals surface area (Å²) in [4.78, 5) is 0. The summed E-state index contributed by atoms with van der Waals surface area (Å²) in [6, 6.07) is 5.79. The predicted molar refractivity (Wildman–Crippen MR) is 89.3 cm³/mol. The van der Waals surface area contributed by atoms with Crippen LogP contribution >= 0.6 is 11.6 Å². The first-order valence-corrected chi connectivity index (χ1v) is 7.56. The van der Waals surface area contributed by atoms with Gasteiger partial charge in [-0.05, 0) is 63.4 Å². The van der Waals surface area contributed by atoms with Crippen molar-refractivity contribution in [3.05, 3.63) is 39.8 Å². The van der Waals surface area contributed by atoms with Crippen LogP contribution in [0.25, 0.3) is 6.08 Å². The van der Waals surface area contributed by atoms with Crippen molar-refractivity contribution in [3.8, 4) is 0 Å². The first kappa shape index (κ1) is 16.6. The predicted octanol–water partition coefficient (Wildman–Crippen LogP) is 3.62. The molecule has 5 heteroatoms. The molecule has 0 radical (unpaired) electrons. The van der Waals surface area contributed by atoms with Crippen LogP contribution in [0.1, 0.15) is 38.8 Å². The van der Waals surface area contributed by atoms with E-state index in [0.717, 1.165) is 21.6 Å². The average Bonchev–Trinajstić information content (AvgIpc) is 2.57. The van der Waals surface area contributed by atoms with Crippen molar-refractivity contribution in [1.82, 2.24) is 0 Å². The highest BCUT2D eigenvalue weighted by atomic mass is 35.5. The summed E-state index contributed by atoms with van der Waals surface area (Å²) >= 11 is 5.99. The van der Waals surface area contributed by atoms with E-state index in [1.807, 2.05) is 58.9 Å². The van der Waals surface area contributed by atoms with Crippen LogP contribution in [0.3, 0.4) is 0 Å². The molecule has 1 heterocycles. The monoisotopic (exact) mass is 307 g/mol. The highest BCUT2D eigenvalue weighted by Crippen LogP contribution is 2.38. The lowest BCUT2D eigenvalue weighted by Crippen LogP contribution is -2.41. The molecule has 0 amide bonds. The minimum Gasteiger partial charge on any atom is -0.400 e. The molecular weight excluding hydrogens is 284 g/mol. The molecular formula is C16H23BClNO2. The van der Waals surface area contributed by atoms with E-state index in [2.05, 4.69) is 0 Å². The van der Waals surface area contributed by atoms with Gasteiger partial charge in [-0.2, -0.15) is 0 Å². The second kappa shape index (κ2) is 5.77. The van der Waals surface area contributed by atoms with Gasteiger partial charge in [-0.1, -0.05) is 23.7 Å². The maximum absolute atomic E-state index is 6.06. The van der Waals surface area contributed by atoms with Crippen LogP contribution in [0.5, 0.6) is 0 Å². The highest BCUT2D eigenvalue weighted by Gasteiger charge is 2.52. The van der Waals surface area contributed by atoms with Gasteiger partial charge >= 0.3 is 7.12 Å². The maximum Gasteiger partial charge on any atom is 0.491 e. The molecule has 1 aliphatic rings. The third-order valence-electron chi connectivity index (χ3n) is 4.36. The van der Waals surface area contributed by atoms with E-state index in [1.165, 1.54) is 0 Å². The number of halogens is 1. The number of nitrogens with two attached hydrogens (primary N) is 1. The Morgan fingerprint density at radius 1 is 1.24 bits per heavy atom. The molecule has 21 heavy (non-hydrogen) atoms. The molecule has 1 saturated heterocycles. The van der Waals surface area contributed by atoms with Crippen molar-refractivity contribution < 1.29 is 9.31 Å². The average molecular weight is 308 g/mol. The molecule has 1 fully saturated rings. The SMILES string of the molecule is Cc1cc(Cl)ccc1C=C(CN)B1OC(C)(C)C(C)(C)O1. The minimum atomic E-state index is -0.407. The molecule has 0 unspecified atom stereocenters. The summed E-state index contributed by atoms with van der Waals surface area (Å²) in [5.41, 5.74) is 8.29. The van der Waals surface area contributed by atoms with E-state index >= 15 is 0 Å². The Bertz CT molecular complexity index is 553. The molecule has 3 nitrogen and oxygen atoms in total. The van der Waals surface area contributed by atoms with Gasteiger partial charge in [0.25, 0.3) is 0 Å². The van der Waals surface area contributed by atoms with Crippen LogP contribution in [-0.2, 0) is 9.31 Å². The van der Waals surface area contributed by atoms with Gasteiger partial charge in [-0.25, -0.2) is 0 Å². The third-order valence-corrected chi connectivity index (χ3v) is 4.60. The molecule has 114 valence electrons. The van der Waals surface area contributed by atoms with E-state index in [0.29, 0.717) is 6.54 Å². The van der Waals surface area contributed by atoms with Crippen molar-refractivity contribution >= 4 is 24.8 Å². The standard InChI is InChI=1S/C16H23BClNO2/c1-11-8-14(18)7-6-12(11)9-13(10-19)17-20-15(2,3)16(4,5)21-17/h6-9H,10,19H2,1-5H3. The van der Waals surface area contributed by atoms with Crippen LogP contribution in [0.2, 0.25) is 5.02 Å². The Kier molecular flexibility index (Phi) is 4.55. The van der Waals surface area contributed by atoms with E-state index in [4.69, 9.17) is 26.6 Å². The van der Waals surface area contributed by atoms with E-state index in [1.54, 1.807) is 0 Å². The highest BCUT2D eigenvalue weighted by molar-refractivity contribution is 6.55. The first-order valence-electron chi connectivity index (χ1n) is 7.18. The second-order valence-electron chi connectivity index (χ2n) is 6.51. The largest absolute Gasteiger partial charge is 0.491 e. The fourth-order valence-corrected chi connectivity index (χ4v) is 2.45. The van der Waals surface area contributed by atoms with Crippen LogP contribution in [0.4, 0.5) is 0 Å². The lowest BCUT2D eigenvalue weighted by atomic mass is 9.77. The van der Waals surface area contributed by atoms with Crippen LogP contribution < -0.4 is 5.73 Å². The molecule has 0 saturated carbocycles. The van der Waals surface area contributed by atoms with Gasteiger partial charge in [0.2, 0.25) is 0 Å². The number of benzene rings is 1. The summed E-state index contributed by atoms with van der Waals surface area (Å²) < 4.78 is 12.1. The molecule has 1 aromatic rings. The Morgan fingerprint density at radius 2 is 1.81 bits per heavy atom. The second-order valence-corrected chi connectivity index (χ2v) is 6.95. The Labute approximate surface area is 132 Å². The van der Waals surface area contributed by atoms with Gasteiger partial charge in [-0.15, -0.1) is 0 Å². The molecule has 0 aromatic heterocycles. The quantitative estimate of drug-likeness (QED) is 0.867.